The second-order valence-electron chi connectivity index (χ2n) is 3.99. The lowest BCUT2D eigenvalue weighted by Crippen LogP contribution is -2.37. The first kappa shape index (κ1) is 14.3. The Kier molecular flexibility index (Phi) is 10.1. The van der Waals surface area contributed by atoms with E-state index in [4.69, 9.17) is 0 Å². The predicted octanol–water partition coefficient (Wildman–Crippen LogP) is 3.54. The number of hydrogen-bond acceptors (Lipinski definition) is 2. The Labute approximate surface area is 94.4 Å². The van der Waals surface area contributed by atoms with Gasteiger partial charge >= 0.3 is 0 Å². The molecule has 0 fully saturated rings. The maximum absolute atomic E-state index is 3.67. The first-order valence-corrected chi connectivity index (χ1v) is 7.22. The second kappa shape index (κ2) is 9.85. The van der Waals surface area contributed by atoms with Gasteiger partial charge in [-0.3, -0.25) is 0 Å². The van der Waals surface area contributed by atoms with Crippen molar-refractivity contribution in [1.29, 1.82) is 0 Å². The van der Waals surface area contributed by atoms with Crippen molar-refractivity contribution in [2.45, 2.75) is 53.0 Å². The minimum atomic E-state index is 0.722. The summed E-state index contributed by atoms with van der Waals surface area (Å²) in [6.45, 7) is 10.3. The van der Waals surface area contributed by atoms with Crippen LogP contribution in [0.4, 0.5) is 0 Å². The fraction of sp³-hybridized carbons (Fsp3) is 1.00. The fourth-order valence-electron chi connectivity index (χ4n) is 1.66. The molecule has 0 saturated carbocycles. The van der Waals surface area contributed by atoms with Crippen LogP contribution < -0.4 is 5.32 Å². The van der Waals surface area contributed by atoms with Gasteiger partial charge in [-0.15, -0.1) is 0 Å². The molecule has 86 valence electrons. The van der Waals surface area contributed by atoms with Crippen LogP contribution in [0.2, 0.25) is 0 Å². The molecule has 1 nitrogen and oxygen atoms in total. The first-order valence-electron chi connectivity index (χ1n) is 6.07. The molecule has 0 radical (unpaired) electrons. The molecule has 2 atom stereocenters. The molecular formula is C12H27NS. The molecule has 2 heteroatoms. The summed E-state index contributed by atoms with van der Waals surface area (Å²) in [7, 11) is 0. The van der Waals surface area contributed by atoms with E-state index in [9.17, 15) is 0 Å². The number of hydrogen-bond donors (Lipinski definition) is 1. The molecule has 0 aliphatic carbocycles. The molecule has 0 saturated heterocycles. The molecule has 0 aliphatic heterocycles. The minimum Gasteiger partial charge on any atom is -0.313 e. The quantitative estimate of drug-likeness (QED) is 0.634. The normalized spacial score (nSPS) is 15.4. The highest BCUT2D eigenvalue weighted by atomic mass is 32.2. The zero-order valence-electron chi connectivity index (χ0n) is 10.3. The molecule has 0 aliphatic rings. The largest absolute Gasteiger partial charge is 0.313 e. The topological polar surface area (TPSA) is 12.0 Å². The van der Waals surface area contributed by atoms with E-state index < -0.39 is 0 Å². The number of nitrogens with one attached hydrogen (secondary N) is 1. The second-order valence-corrected chi connectivity index (χ2v) is 5.30. The molecule has 0 aromatic rings. The van der Waals surface area contributed by atoms with E-state index in [1.165, 1.54) is 37.3 Å². The Morgan fingerprint density at radius 1 is 1.14 bits per heavy atom. The molecule has 0 aromatic heterocycles. The van der Waals surface area contributed by atoms with E-state index in [1.807, 2.05) is 0 Å². The van der Waals surface area contributed by atoms with E-state index in [-0.39, 0.29) is 0 Å². The lowest BCUT2D eigenvalue weighted by Gasteiger charge is -2.24. The smallest absolute Gasteiger partial charge is 0.0183 e. The van der Waals surface area contributed by atoms with Crippen molar-refractivity contribution in [1.82, 2.24) is 5.32 Å². The third-order valence-electron chi connectivity index (χ3n) is 2.59. The molecule has 14 heavy (non-hydrogen) atoms. The molecule has 0 heterocycles. The van der Waals surface area contributed by atoms with Gasteiger partial charge in [0, 0.05) is 11.8 Å². The zero-order chi connectivity index (χ0) is 10.8. The van der Waals surface area contributed by atoms with Gasteiger partial charge in [0.1, 0.15) is 0 Å². The predicted molar refractivity (Wildman–Crippen MR) is 69.2 cm³/mol. The van der Waals surface area contributed by atoms with E-state index in [0.717, 1.165) is 12.0 Å². The molecule has 2 unspecified atom stereocenters. The van der Waals surface area contributed by atoms with Crippen molar-refractivity contribution in [3.63, 3.8) is 0 Å². The Balaban J connectivity index is 3.81. The third-order valence-corrected chi connectivity index (χ3v) is 3.59. The van der Waals surface area contributed by atoms with Crippen molar-refractivity contribution < 1.29 is 0 Å². The van der Waals surface area contributed by atoms with E-state index in [1.54, 1.807) is 0 Å². The lowest BCUT2D eigenvalue weighted by molar-refractivity contribution is 0.382. The zero-order valence-corrected chi connectivity index (χ0v) is 11.1. The summed E-state index contributed by atoms with van der Waals surface area (Å²) in [5.41, 5.74) is 0. The van der Waals surface area contributed by atoms with Gasteiger partial charge in [-0.1, -0.05) is 34.1 Å². The van der Waals surface area contributed by atoms with E-state index in [2.05, 4.69) is 44.8 Å². The van der Waals surface area contributed by atoms with E-state index >= 15 is 0 Å². The van der Waals surface area contributed by atoms with Gasteiger partial charge in [0.05, 0.1) is 0 Å². The van der Waals surface area contributed by atoms with Crippen molar-refractivity contribution in [2.24, 2.45) is 5.92 Å². The summed E-state index contributed by atoms with van der Waals surface area (Å²) in [5, 5.41) is 3.67. The molecule has 0 amide bonds. The van der Waals surface area contributed by atoms with Crippen LogP contribution in [0.15, 0.2) is 0 Å². The highest BCUT2D eigenvalue weighted by molar-refractivity contribution is 7.99. The lowest BCUT2D eigenvalue weighted by atomic mass is 9.98. The monoisotopic (exact) mass is 217 g/mol. The van der Waals surface area contributed by atoms with Crippen molar-refractivity contribution in [3.8, 4) is 0 Å². The van der Waals surface area contributed by atoms with Crippen LogP contribution in [0.3, 0.4) is 0 Å². The fourth-order valence-corrected chi connectivity index (χ4v) is 2.59. The number of thioether (sulfide) groups is 1. The van der Waals surface area contributed by atoms with Gasteiger partial charge in [0.15, 0.2) is 0 Å². The van der Waals surface area contributed by atoms with Crippen LogP contribution in [0.5, 0.6) is 0 Å². The highest BCUT2D eigenvalue weighted by Crippen LogP contribution is 2.15. The highest BCUT2D eigenvalue weighted by Gasteiger charge is 2.14. The summed E-state index contributed by atoms with van der Waals surface area (Å²) in [6.07, 6.45) is 3.90. The molecule has 0 rings (SSSR count). The van der Waals surface area contributed by atoms with Gasteiger partial charge < -0.3 is 5.32 Å². The van der Waals surface area contributed by atoms with Crippen molar-refractivity contribution in [3.05, 3.63) is 0 Å². The first-order chi connectivity index (χ1) is 6.76. The number of rotatable bonds is 9. The third kappa shape index (κ3) is 6.72. The summed E-state index contributed by atoms with van der Waals surface area (Å²) in [5.74, 6) is 3.34. The molecular weight excluding hydrogens is 190 g/mol. The van der Waals surface area contributed by atoms with Crippen molar-refractivity contribution in [2.75, 3.05) is 18.1 Å². The Morgan fingerprint density at radius 3 is 2.36 bits per heavy atom. The van der Waals surface area contributed by atoms with Gasteiger partial charge in [-0.2, -0.15) is 11.8 Å². The average Bonchev–Trinajstić information content (AvgIpc) is 2.18. The van der Waals surface area contributed by atoms with Crippen LogP contribution in [0.1, 0.15) is 47.0 Å². The van der Waals surface area contributed by atoms with Gasteiger partial charge in [0.2, 0.25) is 0 Å². The molecule has 0 bridgehead atoms. The average molecular weight is 217 g/mol. The molecule has 1 N–H and O–H groups in total. The Hall–Kier alpha value is 0.310. The Bertz CT molecular complexity index is 109. The van der Waals surface area contributed by atoms with Crippen LogP contribution in [-0.2, 0) is 0 Å². The Morgan fingerprint density at radius 2 is 1.86 bits per heavy atom. The van der Waals surface area contributed by atoms with Crippen LogP contribution in [-0.4, -0.2) is 24.1 Å². The minimum absolute atomic E-state index is 0.722. The summed E-state index contributed by atoms with van der Waals surface area (Å²) in [6, 6.07) is 0.722. The van der Waals surface area contributed by atoms with Crippen LogP contribution >= 0.6 is 11.8 Å². The van der Waals surface area contributed by atoms with Crippen molar-refractivity contribution >= 4 is 11.8 Å². The van der Waals surface area contributed by atoms with Crippen LogP contribution in [0.25, 0.3) is 0 Å². The summed E-state index contributed by atoms with van der Waals surface area (Å²) >= 11 is 2.06. The summed E-state index contributed by atoms with van der Waals surface area (Å²) < 4.78 is 0. The molecule has 0 spiro atoms. The van der Waals surface area contributed by atoms with Crippen LogP contribution in [0, 0.1) is 5.92 Å². The molecule has 0 aromatic carbocycles. The summed E-state index contributed by atoms with van der Waals surface area (Å²) in [4.78, 5) is 0. The van der Waals surface area contributed by atoms with Gasteiger partial charge in [0.25, 0.3) is 0 Å². The standard InChI is InChI=1S/C12H27NS/c1-5-8-11(4)12(10-14-7-3)13-9-6-2/h11-13H,5-10H2,1-4H3. The van der Waals surface area contributed by atoms with Gasteiger partial charge in [-0.05, 0) is 31.1 Å². The van der Waals surface area contributed by atoms with Gasteiger partial charge in [-0.25, -0.2) is 0 Å². The van der Waals surface area contributed by atoms with E-state index in [0.29, 0.717) is 0 Å². The maximum Gasteiger partial charge on any atom is 0.0183 e. The maximum atomic E-state index is 3.67. The SMILES string of the molecule is CCCNC(CSCC)C(C)CCC.